The molecule has 1 unspecified atom stereocenters. The van der Waals surface area contributed by atoms with Gasteiger partial charge in [-0.25, -0.2) is 0 Å². The van der Waals surface area contributed by atoms with Gasteiger partial charge >= 0.3 is 0 Å². The summed E-state index contributed by atoms with van der Waals surface area (Å²) in [6, 6.07) is 15.6. The largest absolute Gasteiger partial charge is 0.329 e. The lowest BCUT2D eigenvalue weighted by Gasteiger charge is -2.16. The van der Waals surface area contributed by atoms with Gasteiger partial charge in [0.2, 0.25) is 5.91 Å². The molecule has 4 heteroatoms. The second-order valence-corrected chi connectivity index (χ2v) is 5.89. The smallest absolute Gasteiger partial charge is 0.233 e. The van der Waals surface area contributed by atoms with Crippen LogP contribution in [0, 0.1) is 10.5 Å². The maximum atomic E-state index is 12.4. The Morgan fingerprint density at radius 3 is 2.55 bits per heavy atom. The first-order valence-electron chi connectivity index (χ1n) is 6.44. The summed E-state index contributed by atoms with van der Waals surface area (Å²) in [4.78, 5) is 12.4. The molecule has 3 nitrogen and oxygen atoms in total. The fourth-order valence-corrected chi connectivity index (χ4v) is 2.71. The van der Waals surface area contributed by atoms with Gasteiger partial charge in [-0.3, -0.25) is 4.79 Å². The molecule has 2 aromatic carbocycles. The normalized spacial score (nSPS) is 11.9. The quantitative estimate of drug-likeness (QED) is 0.800. The average molecular weight is 380 g/mol. The lowest BCUT2D eigenvalue weighted by molar-refractivity contribution is -0.117. The van der Waals surface area contributed by atoms with E-state index in [-0.39, 0.29) is 11.8 Å². The molecule has 0 aliphatic rings. The lowest BCUT2D eigenvalue weighted by Crippen LogP contribution is -2.27. The molecule has 2 rings (SSSR count). The number of anilines is 1. The Bertz CT molecular complexity index is 599. The van der Waals surface area contributed by atoms with E-state index in [9.17, 15) is 4.79 Å². The number of nitrogens with two attached hydrogens (primary N) is 1. The van der Waals surface area contributed by atoms with Crippen molar-refractivity contribution < 1.29 is 4.79 Å². The fourth-order valence-electron chi connectivity index (χ4n) is 2.07. The number of halogens is 1. The number of nitrogens with one attached hydrogen (secondary N) is 1. The van der Waals surface area contributed by atoms with Crippen molar-refractivity contribution in [3.05, 3.63) is 63.2 Å². The summed E-state index contributed by atoms with van der Waals surface area (Å²) in [6.07, 6.45) is 0. The van der Waals surface area contributed by atoms with Gasteiger partial charge in [-0.1, -0.05) is 30.3 Å². The van der Waals surface area contributed by atoms with Gasteiger partial charge in [0.1, 0.15) is 0 Å². The van der Waals surface area contributed by atoms with E-state index >= 15 is 0 Å². The molecule has 0 bridgehead atoms. The molecule has 0 fully saturated rings. The summed E-state index contributed by atoms with van der Waals surface area (Å²) in [5, 5.41) is 2.96. The van der Waals surface area contributed by atoms with E-state index in [0.717, 1.165) is 20.4 Å². The first-order valence-corrected chi connectivity index (χ1v) is 7.51. The summed E-state index contributed by atoms with van der Waals surface area (Å²) in [5.41, 5.74) is 8.59. The second kappa shape index (κ2) is 6.85. The predicted octanol–water partition coefficient (Wildman–Crippen LogP) is 3.28. The van der Waals surface area contributed by atoms with E-state index in [1.165, 1.54) is 0 Å². The Morgan fingerprint density at radius 1 is 1.25 bits per heavy atom. The first-order chi connectivity index (χ1) is 9.61. The molecule has 1 amide bonds. The zero-order valence-corrected chi connectivity index (χ0v) is 13.4. The van der Waals surface area contributed by atoms with Crippen LogP contribution in [0.4, 0.5) is 5.69 Å². The summed E-state index contributed by atoms with van der Waals surface area (Å²) in [5.74, 6) is -0.391. The van der Waals surface area contributed by atoms with Crippen LogP contribution < -0.4 is 11.1 Å². The highest BCUT2D eigenvalue weighted by atomic mass is 127. The Morgan fingerprint density at radius 2 is 1.95 bits per heavy atom. The summed E-state index contributed by atoms with van der Waals surface area (Å²) < 4.78 is 1.15. The van der Waals surface area contributed by atoms with E-state index in [1.54, 1.807) is 0 Å². The maximum absolute atomic E-state index is 12.4. The topological polar surface area (TPSA) is 55.1 Å². The summed E-state index contributed by atoms with van der Waals surface area (Å²) in [6.45, 7) is 2.27. The molecule has 1 atom stereocenters. The van der Waals surface area contributed by atoms with E-state index < -0.39 is 0 Å². The van der Waals surface area contributed by atoms with E-state index in [1.807, 2.05) is 55.5 Å². The van der Waals surface area contributed by atoms with Crippen molar-refractivity contribution >= 4 is 34.2 Å². The van der Waals surface area contributed by atoms with Crippen LogP contribution in [0.15, 0.2) is 48.5 Å². The van der Waals surface area contributed by atoms with Gasteiger partial charge in [0.05, 0.1) is 5.92 Å². The molecular weight excluding hydrogens is 363 g/mol. The maximum Gasteiger partial charge on any atom is 0.233 e. The number of hydrogen-bond donors (Lipinski definition) is 2. The molecule has 0 heterocycles. The van der Waals surface area contributed by atoms with Crippen LogP contribution >= 0.6 is 22.6 Å². The zero-order valence-electron chi connectivity index (χ0n) is 11.3. The minimum absolute atomic E-state index is 0.0667. The van der Waals surface area contributed by atoms with Gasteiger partial charge in [-0.2, -0.15) is 0 Å². The van der Waals surface area contributed by atoms with Crippen LogP contribution in [-0.4, -0.2) is 12.5 Å². The average Bonchev–Trinajstić information content (AvgIpc) is 2.44. The Labute approximate surface area is 132 Å². The highest BCUT2D eigenvalue weighted by Gasteiger charge is 2.19. The van der Waals surface area contributed by atoms with E-state index in [0.29, 0.717) is 6.54 Å². The third-order valence-corrected chi connectivity index (χ3v) is 3.87. The fraction of sp³-hybridized carbons (Fsp3) is 0.188. The van der Waals surface area contributed by atoms with E-state index in [2.05, 4.69) is 27.9 Å². The number of carbonyl (C=O) groups excluding carboxylic acids is 1. The van der Waals surface area contributed by atoms with Crippen LogP contribution in [0.25, 0.3) is 0 Å². The van der Waals surface area contributed by atoms with Crippen molar-refractivity contribution in [1.82, 2.24) is 0 Å². The second-order valence-electron chi connectivity index (χ2n) is 4.65. The summed E-state index contributed by atoms with van der Waals surface area (Å²) in [7, 11) is 0. The number of amides is 1. The van der Waals surface area contributed by atoms with Crippen LogP contribution in [0.3, 0.4) is 0 Å². The third-order valence-electron chi connectivity index (χ3n) is 3.20. The van der Waals surface area contributed by atoms with Crippen molar-refractivity contribution in [1.29, 1.82) is 0 Å². The van der Waals surface area contributed by atoms with Crippen molar-refractivity contribution in [2.24, 2.45) is 5.73 Å². The van der Waals surface area contributed by atoms with Crippen LogP contribution in [0.5, 0.6) is 0 Å². The SMILES string of the molecule is Cc1cc(I)ccc1NC(=O)C(CN)c1ccccc1. The van der Waals surface area contributed by atoms with Crippen molar-refractivity contribution in [3.8, 4) is 0 Å². The van der Waals surface area contributed by atoms with Gasteiger partial charge in [-0.15, -0.1) is 0 Å². The molecule has 2 aromatic rings. The standard InChI is InChI=1S/C16H17IN2O/c1-11-9-13(17)7-8-15(11)19-16(20)14(10-18)12-5-3-2-4-6-12/h2-9,14H,10,18H2,1H3,(H,19,20). The molecule has 104 valence electrons. The molecular formula is C16H17IN2O. The molecule has 0 saturated heterocycles. The number of carbonyl (C=O) groups is 1. The number of hydrogen-bond acceptors (Lipinski definition) is 2. The zero-order chi connectivity index (χ0) is 14.5. The van der Waals surface area contributed by atoms with Gasteiger partial charge in [0.25, 0.3) is 0 Å². The van der Waals surface area contributed by atoms with Gasteiger partial charge in [0, 0.05) is 15.8 Å². The monoisotopic (exact) mass is 380 g/mol. The number of benzene rings is 2. The number of rotatable bonds is 4. The van der Waals surface area contributed by atoms with Gasteiger partial charge < -0.3 is 11.1 Å². The minimum Gasteiger partial charge on any atom is -0.329 e. The Kier molecular flexibility index (Phi) is 5.14. The highest BCUT2D eigenvalue weighted by molar-refractivity contribution is 14.1. The molecule has 3 N–H and O–H groups in total. The lowest BCUT2D eigenvalue weighted by atomic mass is 9.98. The van der Waals surface area contributed by atoms with Crippen molar-refractivity contribution in [2.45, 2.75) is 12.8 Å². The van der Waals surface area contributed by atoms with Crippen molar-refractivity contribution in [2.75, 3.05) is 11.9 Å². The number of aryl methyl sites for hydroxylation is 1. The van der Waals surface area contributed by atoms with Crippen LogP contribution in [0.1, 0.15) is 17.0 Å². The molecule has 0 saturated carbocycles. The molecule has 0 spiro atoms. The molecule has 20 heavy (non-hydrogen) atoms. The van der Waals surface area contributed by atoms with E-state index in [4.69, 9.17) is 5.73 Å². The minimum atomic E-state index is -0.324. The van der Waals surface area contributed by atoms with Gasteiger partial charge in [0.15, 0.2) is 0 Å². The highest BCUT2D eigenvalue weighted by Crippen LogP contribution is 2.21. The van der Waals surface area contributed by atoms with Crippen molar-refractivity contribution in [3.63, 3.8) is 0 Å². The molecule has 0 radical (unpaired) electrons. The first kappa shape index (κ1) is 15.0. The third kappa shape index (κ3) is 3.58. The van der Waals surface area contributed by atoms with Crippen LogP contribution in [-0.2, 0) is 4.79 Å². The Balaban J connectivity index is 2.18. The Hall–Kier alpha value is -1.40. The molecule has 0 aliphatic carbocycles. The summed E-state index contributed by atoms with van der Waals surface area (Å²) >= 11 is 2.25. The van der Waals surface area contributed by atoms with Gasteiger partial charge in [-0.05, 0) is 58.8 Å². The molecule has 0 aromatic heterocycles. The molecule has 0 aliphatic heterocycles. The predicted molar refractivity (Wildman–Crippen MR) is 90.8 cm³/mol. The van der Waals surface area contributed by atoms with Crippen LogP contribution in [0.2, 0.25) is 0 Å².